The van der Waals surface area contributed by atoms with Crippen LogP contribution in [-0.2, 0) is 18.4 Å². The average Bonchev–Trinajstić information content (AvgIpc) is 3.39. The number of aromatic nitrogens is 2. The van der Waals surface area contributed by atoms with E-state index in [0.29, 0.717) is 47.0 Å². The molecule has 0 atom stereocenters. The molecule has 4 aromatic rings. The summed E-state index contributed by atoms with van der Waals surface area (Å²) in [6.45, 7) is 10.4. The van der Waals surface area contributed by atoms with Gasteiger partial charge < -0.3 is 18.9 Å². The van der Waals surface area contributed by atoms with E-state index in [0.717, 1.165) is 26.9 Å². The third-order valence-corrected chi connectivity index (χ3v) is 6.85. The maximum absolute atomic E-state index is 13.5. The Balaban J connectivity index is 1.51. The van der Waals surface area contributed by atoms with Gasteiger partial charge in [-0.3, -0.25) is 4.79 Å². The minimum atomic E-state index is -0.421. The molecule has 0 radical (unpaired) electrons. The molecule has 0 saturated heterocycles. The first-order valence-corrected chi connectivity index (χ1v) is 13.6. The normalized spacial score (nSPS) is 12.7. The van der Waals surface area contributed by atoms with E-state index in [1.807, 2.05) is 63.2 Å². The molecule has 0 amide bonds. The summed E-state index contributed by atoms with van der Waals surface area (Å²) in [6.07, 6.45) is 3.99. The Kier molecular flexibility index (Phi) is 7.67. The third kappa shape index (κ3) is 5.60. The molecular formula is C31H30BrN3O5. The van der Waals surface area contributed by atoms with Gasteiger partial charge in [0.1, 0.15) is 12.4 Å². The quantitative estimate of drug-likeness (QED) is 0.171. The fourth-order valence-electron chi connectivity index (χ4n) is 4.43. The predicted octanol–water partition coefficient (Wildman–Crippen LogP) is 6.38. The highest BCUT2D eigenvalue weighted by Gasteiger charge is 2.23. The van der Waals surface area contributed by atoms with Gasteiger partial charge in [0.15, 0.2) is 23.0 Å². The molecular weight excluding hydrogens is 574 g/mol. The van der Waals surface area contributed by atoms with E-state index in [9.17, 15) is 4.79 Å². The van der Waals surface area contributed by atoms with Crippen LogP contribution in [0.2, 0.25) is 0 Å². The van der Waals surface area contributed by atoms with Crippen LogP contribution in [0.4, 0.5) is 0 Å². The molecule has 9 heteroatoms. The van der Waals surface area contributed by atoms with Crippen molar-refractivity contribution in [3.8, 4) is 23.0 Å². The lowest BCUT2D eigenvalue weighted by molar-refractivity contribution is 0.174. The molecule has 40 heavy (non-hydrogen) atoms. The van der Waals surface area contributed by atoms with Gasteiger partial charge in [-0.05, 0) is 60.0 Å². The monoisotopic (exact) mass is 603 g/mol. The van der Waals surface area contributed by atoms with Crippen LogP contribution >= 0.6 is 15.9 Å². The van der Waals surface area contributed by atoms with Crippen LogP contribution in [0.5, 0.6) is 23.0 Å². The van der Waals surface area contributed by atoms with Crippen LogP contribution in [0.15, 0.2) is 75.6 Å². The first kappa shape index (κ1) is 27.5. The number of benzene rings is 3. The Morgan fingerprint density at radius 2 is 1.93 bits per heavy atom. The number of fused-ring (bicyclic) bond motifs is 2. The molecule has 5 rings (SSSR count). The second kappa shape index (κ2) is 11.2. The number of ether oxygens (including phenoxy) is 4. The summed E-state index contributed by atoms with van der Waals surface area (Å²) in [5.74, 6) is 3.14. The molecule has 0 unspecified atom stereocenters. The summed E-state index contributed by atoms with van der Waals surface area (Å²) in [5.41, 5.74) is 2.52. The molecule has 0 aliphatic carbocycles. The first-order valence-electron chi connectivity index (χ1n) is 12.8. The average molecular weight is 605 g/mol. The fourth-order valence-corrected chi connectivity index (χ4v) is 4.79. The Labute approximate surface area is 241 Å². The van der Waals surface area contributed by atoms with Crippen molar-refractivity contribution in [3.05, 3.63) is 98.5 Å². The van der Waals surface area contributed by atoms with Crippen molar-refractivity contribution in [3.63, 3.8) is 0 Å². The summed E-state index contributed by atoms with van der Waals surface area (Å²) < 4.78 is 25.0. The van der Waals surface area contributed by atoms with Gasteiger partial charge in [0.05, 0.1) is 24.2 Å². The molecule has 206 valence electrons. The summed E-state index contributed by atoms with van der Waals surface area (Å²) in [5, 5.41) is 5.09. The SMILES string of the molecule is C=CCc1cc(C=Nn2c(C(C)(C)C)nc3ccc(Br)cc3c2=O)cc(OC)c1OCc1ccc2c(c1)OCO2. The Morgan fingerprint density at radius 3 is 2.67 bits per heavy atom. The molecule has 2 heterocycles. The summed E-state index contributed by atoms with van der Waals surface area (Å²) >= 11 is 3.45. The van der Waals surface area contributed by atoms with Crippen molar-refractivity contribution >= 4 is 33.0 Å². The summed E-state index contributed by atoms with van der Waals surface area (Å²) in [7, 11) is 1.59. The van der Waals surface area contributed by atoms with E-state index >= 15 is 0 Å². The minimum Gasteiger partial charge on any atom is -0.493 e. The summed E-state index contributed by atoms with van der Waals surface area (Å²) in [6, 6.07) is 15.0. The topological polar surface area (TPSA) is 84.2 Å². The van der Waals surface area contributed by atoms with E-state index in [-0.39, 0.29) is 12.4 Å². The van der Waals surface area contributed by atoms with E-state index in [1.165, 1.54) is 4.68 Å². The van der Waals surface area contributed by atoms with Gasteiger partial charge in [-0.1, -0.05) is 48.8 Å². The van der Waals surface area contributed by atoms with Crippen LogP contribution in [0.25, 0.3) is 10.9 Å². The maximum Gasteiger partial charge on any atom is 0.282 e. The van der Waals surface area contributed by atoms with Crippen LogP contribution < -0.4 is 24.5 Å². The zero-order valence-electron chi connectivity index (χ0n) is 22.9. The number of nitrogens with zero attached hydrogens (tertiary/aromatic N) is 3. The molecule has 8 nitrogen and oxygen atoms in total. The summed E-state index contributed by atoms with van der Waals surface area (Å²) in [4.78, 5) is 18.3. The van der Waals surface area contributed by atoms with Gasteiger partial charge >= 0.3 is 0 Å². The van der Waals surface area contributed by atoms with E-state index in [1.54, 1.807) is 25.5 Å². The van der Waals surface area contributed by atoms with Crippen molar-refractivity contribution in [2.24, 2.45) is 5.10 Å². The molecule has 0 bridgehead atoms. The lowest BCUT2D eigenvalue weighted by atomic mass is 9.95. The second-order valence-corrected chi connectivity index (χ2v) is 11.3. The molecule has 0 spiro atoms. The molecule has 1 aliphatic rings. The highest BCUT2D eigenvalue weighted by molar-refractivity contribution is 9.10. The van der Waals surface area contributed by atoms with Crippen molar-refractivity contribution in [2.75, 3.05) is 13.9 Å². The minimum absolute atomic E-state index is 0.218. The smallest absolute Gasteiger partial charge is 0.282 e. The predicted molar refractivity (Wildman–Crippen MR) is 159 cm³/mol. The Morgan fingerprint density at radius 1 is 1.12 bits per heavy atom. The zero-order valence-corrected chi connectivity index (χ0v) is 24.4. The standard InChI is InChI=1S/C31H30BrN3O5/c1-6-7-21-12-20(14-27(37-5)28(21)38-17-19-8-11-25-26(13-19)40-18-39-25)16-33-35-29(36)23-15-22(32)9-10-24(23)34-30(35)31(2,3)4/h6,8-16H,1,7,17-18H2,2-5H3. The molecule has 0 fully saturated rings. The molecule has 0 N–H and O–H groups in total. The number of hydrogen-bond acceptors (Lipinski definition) is 7. The number of hydrogen-bond donors (Lipinski definition) is 0. The van der Waals surface area contributed by atoms with Gasteiger partial charge in [0.25, 0.3) is 5.56 Å². The van der Waals surface area contributed by atoms with Crippen LogP contribution in [0.1, 0.15) is 43.3 Å². The largest absolute Gasteiger partial charge is 0.493 e. The van der Waals surface area contributed by atoms with Crippen molar-refractivity contribution < 1.29 is 18.9 Å². The van der Waals surface area contributed by atoms with Crippen LogP contribution in [0.3, 0.4) is 0 Å². The number of rotatable bonds is 8. The maximum atomic E-state index is 13.5. The van der Waals surface area contributed by atoms with E-state index in [2.05, 4.69) is 27.6 Å². The highest BCUT2D eigenvalue weighted by atomic mass is 79.9. The van der Waals surface area contributed by atoms with Gasteiger partial charge in [-0.2, -0.15) is 9.78 Å². The molecule has 0 saturated carbocycles. The molecule has 3 aromatic carbocycles. The van der Waals surface area contributed by atoms with Gasteiger partial charge in [0.2, 0.25) is 6.79 Å². The molecule has 1 aromatic heterocycles. The van der Waals surface area contributed by atoms with Crippen molar-refractivity contribution in [1.29, 1.82) is 0 Å². The van der Waals surface area contributed by atoms with Crippen molar-refractivity contribution in [2.45, 2.75) is 39.2 Å². The van der Waals surface area contributed by atoms with Gasteiger partial charge in [0, 0.05) is 15.5 Å². The van der Waals surface area contributed by atoms with E-state index < -0.39 is 5.41 Å². The van der Waals surface area contributed by atoms with Crippen LogP contribution in [-0.4, -0.2) is 29.8 Å². The second-order valence-electron chi connectivity index (χ2n) is 10.4. The van der Waals surface area contributed by atoms with E-state index in [4.69, 9.17) is 23.9 Å². The Bertz CT molecular complexity index is 1690. The molecule has 1 aliphatic heterocycles. The van der Waals surface area contributed by atoms with Crippen LogP contribution in [0, 0.1) is 0 Å². The highest BCUT2D eigenvalue weighted by Crippen LogP contribution is 2.36. The number of methoxy groups -OCH3 is 1. The third-order valence-electron chi connectivity index (χ3n) is 6.36. The number of halogens is 1. The lowest BCUT2D eigenvalue weighted by Crippen LogP contribution is -2.29. The first-order chi connectivity index (χ1) is 19.2. The fraction of sp³-hybridized carbons (Fsp3) is 0.258. The van der Waals surface area contributed by atoms with Gasteiger partial charge in [-0.25, -0.2) is 4.98 Å². The zero-order chi connectivity index (χ0) is 28.4. The van der Waals surface area contributed by atoms with Crippen molar-refractivity contribution in [1.82, 2.24) is 9.66 Å². The van der Waals surface area contributed by atoms with Gasteiger partial charge in [-0.15, -0.1) is 6.58 Å². The lowest BCUT2D eigenvalue weighted by Gasteiger charge is -2.21. The number of allylic oxidation sites excluding steroid dienone is 1. The Hall–Kier alpha value is -4.11.